The normalized spacial score (nSPS) is 11.4. The van der Waals surface area contributed by atoms with Gasteiger partial charge in [-0.25, -0.2) is 5.48 Å². The number of alkyl halides is 3. The van der Waals surface area contributed by atoms with Crippen molar-refractivity contribution in [1.29, 1.82) is 0 Å². The summed E-state index contributed by atoms with van der Waals surface area (Å²) in [5.41, 5.74) is 1.55. The summed E-state index contributed by atoms with van der Waals surface area (Å²) in [5.74, 6) is -0.838. The van der Waals surface area contributed by atoms with Gasteiger partial charge in [-0.05, 0) is 6.07 Å². The second-order valence-electron chi connectivity index (χ2n) is 2.29. The van der Waals surface area contributed by atoms with E-state index in [-0.39, 0.29) is 5.69 Å². The maximum Gasteiger partial charge on any atom is 0.414 e. The Morgan fingerprint density at radius 3 is 2.86 bits per heavy atom. The zero-order valence-electron chi connectivity index (χ0n) is 6.76. The van der Waals surface area contributed by atoms with E-state index >= 15 is 0 Å². The summed E-state index contributed by atoms with van der Waals surface area (Å²) in [6.07, 6.45) is -3.11. The van der Waals surface area contributed by atoms with Gasteiger partial charge in [0.2, 0.25) is 0 Å². The van der Waals surface area contributed by atoms with Crippen molar-refractivity contribution in [1.82, 2.24) is 15.7 Å². The van der Waals surface area contributed by atoms with Crippen LogP contribution in [0, 0.1) is 0 Å². The van der Waals surface area contributed by atoms with E-state index in [0.29, 0.717) is 0 Å². The molecule has 1 amide bonds. The third-order valence-electron chi connectivity index (χ3n) is 1.13. The number of carbonyl (C=O) groups excluding carboxylic acids is 1. The molecule has 0 fully saturated rings. The first-order chi connectivity index (χ1) is 6.49. The second-order valence-corrected chi connectivity index (χ2v) is 2.29. The highest BCUT2D eigenvalue weighted by Gasteiger charge is 2.28. The average molecular weight is 209 g/mol. The number of H-pyrrole nitrogens is 1. The van der Waals surface area contributed by atoms with Crippen LogP contribution in [-0.2, 0) is 4.84 Å². The molecular weight excluding hydrogens is 203 g/mol. The zero-order valence-corrected chi connectivity index (χ0v) is 6.76. The fourth-order valence-electron chi connectivity index (χ4n) is 0.622. The van der Waals surface area contributed by atoms with Crippen molar-refractivity contribution in [3.05, 3.63) is 18.0 Å². The monoisotopic (exact) mass is 209 g/mol. The van der Waals surface area contributed by atoms with Crippen molar-refractivity contribution in [2.24, 2.45) is 0 Å². The Labute approximate surface area is 76.2 Å². The minimum atomic E-state index is -4.47. The zero-order chi connectivity index (χ0) is 10.6. The van der Waals surface area contributed by atoms with Gasteiger partial charge in [0, 0.05) is 6.20 Å². The Kier molecular flexibility index (Phi) is 3.07. The van der Waals surface area contributed by atoms with Gasteiger partial charge in [0.05, 0.1) is 0 Å². The maximum absolute atomic E-state index is 11.6. The van der Waals surface area contributed by atoms with Gasteiger partial charge in [-0.3, -0.25) is 14.7 Å². The summed E-state index contributed by atoms with van der Waals surface area (Å²) in [6.45, 7) is -1.54. The number of rotatable bonds is 3. The standard InChI is InChI=1S/C6H6F3N3O2/c7-6(8,9)3-14-12-5(13)4-1-2-10-11-4/h1-2H,3H2,(H,10,11)(H,12,13). The number of hydroxylamine groups is 1. The molecule has 0 atom stereocenters. The van der Waals surface area contributed by atoms with Crippen LogP contribution in [0.4, 0.5) is 13.2 Å². The number of nitrogens with zero attached hydrogens (tertiary/aromatic N) is 1. The molecule has 0 aliphatic rings. The van der Waals surface area contributed by atoms with Crippen LogP contribution in [0.1, 0.15) is 10.5 Å². The Morgan fingerprint density at radius 1 is 1.64 bits per heavy atom. The highest BCUT2D eigenvalue weighted by Crippen LogP contribution is 2.13. The van der Waals surface area contributed by atoms with E-state index < -0.39 is 18.7 Å². The number of nitrogens with one attached hydrogen (secondary N) is 2. The molecule has 1 rings (SSSR count). The molecule has 1 aromatic heterocycles. The van der Waals surface area contributed by atoms with E-state index in [0.717, 1.165) is 0 Å². The second kappa shape index (κ2) is 4.09. The number of carbonyl (C=O) groups is 1. The number of aromatic nitrogens is 2. The van der Waals surface area contributed by atoms with E-state index in [4.69, 9.17) is 0 Å². The van der Waals surface area contributed by atoms with E-state index in [1.54, 1.807) is 5.48 Å². The lowest BCUT2D eigenvalue weighted by Gasteiger charge is -2.06. The Bertz CT molecular complexity index is 296. The molecule has 0 spiro atoms. The summed E-state index contributed by atoms with van der Waals surface area (Å²) < 4.78 is 34.7. The van der Waals surface area contributed by atoms with Crippen LogP contribution in [0.3, 0.4) is 0 Å². The predicted octanol–water partition coefficient (Wildman–Crippen LogP) is 0.633. The fraction of sp³-hybridized carbons (Fsp3) is 0.333. The summed E-state index contributed by atoms with van der Waals surface area (Å²) in [6, 6.07) is 1.30. The Balaban J connectivity index is 2.30. The molecule has 0 saturated heterocycles. The van der Waals surface area contributed by atoms with Crippen molar-refractivity contribution < 1.29 is 22.8 Å². The van der Waals surface area contributed by atoms with Crippen LogP contribution in [-0.4, -0.2) is 28.9 Å². The van der Waals surface area contributed by atoms with Gasteiger partial charge >= 0.3 is 6.18 Å². The number of hydrogen-bond acceptors (Lipinski definition) is 3. The van der Waals surface area contributed by atoms with Gasteiger partial charge in [0.25, 0.3) is 5.91 Å². The predicted molar refractivity (Wildman–Crippen MR) is 38.1 cm³/mol. The van der Waals surface area contributed by atoms with Gasteiger partial charge < -0.3 is 0 Å². The molecule has 1 aromatic rings. The van der Waals surface area contributed by atoms with Crippen LogP contribution in [0.15, 0.2) is 12.3 Å². The quantitative estimate of drug-likeness (QED) is 0.717. The summed E-state index contributed by atoms with van der Waals surface area (Å²) in [5, 5.41) is 5.76. The number of aromatic amines is 1. The van der Waals surface area contributed by atoms with Crippen LogP contribution in [0.5, 0.6) is 0 Å². The van der Waals surface area contributed by atoms with Crippen LogP contribution in [0.2, 0.25) is 0 Å². The van der Waals surface area contributed by atoms with Crippen LogP contribution in [0.25, 0.3) is 0 Å². The molecule has 78 valence electrons. The van der Waals surface area contributed by atoms with Crippen molar-refractivity contribution in [3.63, 3.8) is 0 Å². The smallest absolute Gasteiger partial charge is 0.285 e. The Hall–Kier alpha value is -1.57. The van der Waals surface area contributed by atoms with E-state index in [9.17, 15) is 18.0 Å². The lowest BCUT2D eigenvalue weighted by atomic mass is 10.4. The first kappa shape index (κ1) is 10.5. The molecule has 0 aromatic carbocycles. The SMILES string of the molecule is O=C(NOCC(F)(F)F)c1cc[nH]n1. The molecule has 0 aliphatic carbocycles. The fourth-order valence-corrected chi connectivity index (χ4v) is 0.622. The molecule has 1 heterocycles. The third kappa shape index (κ3) is 3.44. The number of hydrogen-bond donors (Lipinski definition) is 2. The molecule has 0 saturated carbocycles. The van der Waals surface area contributed by atoms with Gasteiger partial charge in [0.15, 0.2) is 12.3 Å². The van der Waals surface area contributed by atoms with Crippen molar-refractivity contribution in [2.45, 2.75) is 6.18 Å². The summed E-state index contributed by atoms with van der Waals surface area (Å²) in [4.78, 5) is 14.8. The first-order valence-electron chi connectivity index (χ1n) is 3.48. The third-order valence-corrected chi connectivity index (χ3v) is 1.13. The molecule has 0 aliphatic heterocycles. The number of halogens is 3. The van der Waals surface area contributed by atoms with Gasteiger partial charge in [0.1, 0.15) is 0 Å². The van der Waals surface area contributed by atoms with Crippen LogP contribution < -0.4 is 5.48 Å². The average Bonchev–Trinajstić information content (AvgIpc) is 2.53. The van der Waals surface area contributed by atoms with Gasteiger partial charge in [-0.15, -0.1) is 0 Å². The van der Waals surface area contributed by atoms with Crippen molar-refractivity contribution in [2.75, 3.05) is 6.61 Å². The van der Waals surface area contributed by atoms with E-state index in [1.807, 2.05) is 0 Å². The van der Waals surface area contributed by atoms with Gasteiger partial charge in [-0.1, -0.05) is 0 Å². The minimum absolute atomic E-state index is 0.0489. The molecule has 14 heavy (non-hydrogen) atoms. The minimum Gasteiger partial charge on any atom is -0.285 e. The first-order valence-corrected chi connectivity index (χ1v) is 3.48. The van der Waals surface area contributed by atoms with Crippen LogP contribution >= 0.6 is 0 Å². The lowest BCUT2D eigenvalue weighted by Crippen LogP contribution is -2.29. The molecular formula is C6H6F3N3O2. The molecule has 0 unspecified atom stereocenters. The molecule has 0 bridgehead atoms. The largest absolute Gasteiger partial charge is 0.414 e. The lowest BCUT2D eigenvalue weighted by molar-refractivity contribution is -0.184. The van der Waals surface area contributed by atoms with E-state index in [1.165, 1.54) is 12.3 Å². The topological polar surface area (TPSA) is 67.0 Å². The Morgan fingerprint density at radius 2 is 2.36 bits per heavy atom. The van der Waals surface area contributed by atoms with Crippen molar-refractivity contribution in [3.8, 4) is 0 Å². The summed E-state index contributed by atoms with van der Waals surface area (Å²) in [7, 11) is 0. The maximum atomic E-state index is 11.6. The van der Waals surface area contributed by atoms with Crippen molar-refractivity contribution >= 4 is 5.91 Å². The summed E-state index contributed by atoms with van der Waals surface area (Å²) >= 11 is 0. The molecule has 0 radical (unpaired) electrons. The van der Waals surface area contributed by atoms with E-state index in [2.05, 4.69) is 15.0 Å². The molecule has 2 N–H and O–H groups in total. The highest BCUT2D eigenvalue weighted by molar-refractivity contribution is 5.91. The highest BCUT2D eigenvalue weighted by atomic mass is 19.4. The van der Waals surface area contributed by atoms with Gasteiger partial charge in [-0.2, -0.15) is 18.3 Å². The number of amides is 1. The molecule has 8 heteroatoms. The molecule has 5 nitrogen and oxygen atoms in total.